The molecule has 8 nitrogen and oxygen atoms in total. The SMILES string of the molecule is CCn1cnnc1[C@@H](C)NC(=O)c1ccc2c(c1)nnn2C. The molecule has 1 N–H and O–H groups in total. The first kappa shape index (κ1) is 14.2. The molecule has 2 heterocycles. The van der Waals surface area contributed by atoms with Crippen molar-refractivity contribution < 1.29 is 4.79 Å². The van der Waals surface area contributed by atoms with Gasteiger partial charge in [-0.15, -0.1) is 15.3 Å². The molecule has 114 valence electrons. The number of amides is 1. The van der Waals surface area contributed by atoms with E-state index in [2.05, 4.69) is 25.8 Å². The lowest BCUT2D eigenvalue weighted by molar-refractivity contribution is 0.0937. The second kappa shape index (κ2) is 5.55. The highest BCUT2D eigenvalue weighted by molar-refractivity contribution is 5.97. The first-order valence-electron chi connectivity index (χ1n) is 7.08. The summed E-state index contributed by atoms with van der Waals surface area (Å²) in [6.45, 7) is 4.65. The third-order valence-electron chi connectivity index (χ3n) is 3.59. The van der Waals surface area contributed by atoms with Gasteiger partial charge in [0.15, 0.2) is 5.82 Å². The molecule has 0 unspecified atom stereocenters. The Morgan fingerprint density at radius 3 is 2.95 bits per heavy atom. The van der Waals surface area contributed by atoms with E-state index in [-0.39, 0.29) is 11.9 Å². The number of rotatable bonds is 4. The highest BCUT2D eigenvalue weighted by Gasteiger charge is 2.17. The molecule has 0 aliphatic rings. The number of hydrogen-bond acceptors (Lipinski definition) is 5. The van der Waals surface area contributed by atoms with Gasteiger partial charge in [0.05, 0.1) is 11.6 Å². The van der Waals surface area contributed by atoms with E-state index in [0.717, 1.165) is 17.9 Å². The molecule has 0 radical (unpaired) electrons. The van der Waals surface area contributed by atoms with Gasteiger partial charge < -0.3 is 9.88 Å². The summed E-state index contributed by atoms with van der Waals surface area (Å²) in [4.78, 5) is 12.4. The molecule has 8 heteroatoms. The van der Waals surface area contributed by atoms with E-state index in [9.17, 15) is 4.79 Å². The number of nitrogens with one attached hydrogen (secondary N) is 1. The minimum Gasteiger partial charge on any atom is -0.342 e. The van der Waals surface area contributed by atoms with E-state index in [0.29, 0.717) is 11.1 Å². The monoisotopic (exact) mass is 299 g/mol. The number of benzene rings is 1. The van der Waals surface area contributed by atoms with Crippen LogP contribution in [0.25, 0.3) is 11.0 Å². The number of fused-ring (bicyclic) bond motifs is 1. The number of carbonyl (C=O) groups excluding carboxylic acids is 1. The highest BCUT2D eigenvalue weighted by atomic mass is 16.1. The zero-order valence-corrected chi connectivity index (χ0v) is 12.7. The van der Waals surface area contributed by atoms with Crippen LogP contribution in [0.5, 0.6) is 0 Å². The summed E-state index contributed by atoms with van der Waals surface area (Å²) in [7, 11) is 1.81. The molecule has 1 atom stereocenters. The van der Waals surface area contributed by atoms with E-state index < -0.39 is 0 Å². The van der Waals surface area contributed by atoms with Gasteiger partial charge in [0, 0.05) is 19.2 Å². The minimum absolute atomic E-state index is 0.175. The second-order valence-electron chi connectivity index (χ2n) is 5.09. The van der Waals surface area contributed by atoms with Gasteiger partial charge in [-0.1, -0.05) is 5.21 Å². The second-order valence-corrected chi connectivity index (χ2v) is 5.09. The normalized spacial score (nSPS) is 12.5. The maximum Gasteiger partial charge on any atom is 0.251 e. The van der Waals surface area contributed by atoms with Gasteiger partial charge in [-0.2, -0.15) is 0 Å². The van der Waals surface area contributed by atoms with Gasteiger partial charge in [0.25, 0.3) is 5.91 Å². The molecule has 1 aromatic carbocycles. The number of carbonyl (C=O) groups is 1. The number of aromatic nitrogens is 6. The van der Waals surface area contributed by atoms with Gasteiger partial charge in [0.2, 0.25) is 0 Å². The van der Waals surface area contributed by atoms with E-state index in [1.165, 1.54) is 0 Å². The third kappa shape index (κ3) is 2.43. The summed E-state index contributed by atoms with van der Waals surface area (Å²) < 4.78 is 3.57. The Kier molecular flexibility index (Phi) is 3.58. The van der Waals surface area contributed by atoms with Crippen LogP contribution in [0.15, 0.2) is 24.5 Å². The molecule has 0 aliphatic heterocycles. The smallest absolute Gasteiger partial charge is 0.251 e. The molecule has 0 aliphatic carbocycles. The fourth-order valence-electron chi connectivity index (χ4n) is 2.37. The maximum atomic E-state index is 12.4. The Morgan fingerprint density at radius 2 is 2.18 bits per heavy atom. The van der Waals surface area contributed by atoms with Gasteiger partial charge in [-0.05, 0) is 32.0 Å². The van der Waals surface area contributed by atoms with Gasteiger partial charge in [-0.25, -0.2) is 4.68 Å². The Hall–Kier alpha value is -2.77. The van der Waals surface area contributed by atoms with E-state index in [4.69, 9.17) is 0 Å². The lowest BCUT2D eigenvalue weighted by Gasteiger charge is -2.14. The van der Waals surface area contributed by atoms with Crippen LogP contribution in [-0.2, 0) is 13.6 Å². The fourth-order valence-corrected chi connectivity index (χ4v) is 2.37. The van der Waals surface area contributed by atoms with Crippen molar-refractivity contribution in [2.45, 2.75) is 26.4 Å². The van der Waals surface area contributed by atoms with E-state index >= 15 is 0 Å². The summed E-state index contributed by atoms with van der Waals surface area (Å²) >= 11 is 0. The number of nitrogens with zero attached hydrogens (tertiary/aromatic N) is 6. The van der Waals surface area contributed by atoms with Crippen LogP contribution in [0.4, 0.5) is 0 Å². The van der Waals surface area contributed by atoms with Crippen LogP contribution in [0, 0.1) is 0 Å². The predicted molar refractivity (Wildman–Crippen MR) is 80.1 cm³/mol. The van der Waals surface area contributed by atoms with Gasteiger partial charge >= 0.3 is 0 Å². The molecule has 3 rings (SSSR count). The Bertz CT molecular complexity index is 820. The first-order valence-corrected chi connectivity index (χ1v) is 7.08. The topological polar surface area (TPSA) is 90.5 Å². The van der Waals surface area contributed by atoms with Crippen molar-refractivity contribution >= 4 is 16.9 Å². The van der Waals surface area contributed by atoms with Crippen LogP contribution < -0.4 is 5.32 Å². The van der Waals surface area contributed by atoms with Gasteiger partial charge in [0.1, 0.15) is 11.8 Å². The van der Waals surface area contributed by atoms with Crippen molar-refractivity contribution in [1.29, 1.82) is 0 Å². The standard InChI is InChI=1S/C14H17N7O/c1-4-21-8-15-18-13(21)9(2)16-14(22)10-5-6-12-11(7-10)17-19-20(12)3/h5-9H,4H2,1-3H3,(H,16,22)/t9-/m1/s1. The van der Waals surface area contributed by atoms with Crippen LogP contribution >= 0.6 is 0 Å². The molecule has 1 amide bonds. The average molecular weight is 299 g/mol. The minimum atomic E-state index is -0.229. The van der Waals surface area contributed by atoms with Crippen molar-refractivity contribution in [2.75, 3.05) is 0 Å². The molecule has 0 saturated heterocycles. The molecular formula is C14H17N7O. The molecule has 22 heavy (non-hydrogen) atoms. The largest absolute Gasteiger partial charge is 0.342 e. The molecule has 0 spiro atoms. The van der Waals surface area contributed by atoms with Crippen LogP contribution in [0.3, 0.4) is 0 Å². The van der Waals surface area contributed by atoms with Crippen molar-refractivity contribution in [3.8, 4) is 0 Å². The fraction of sp³-hybridized carbons (Fsp3) is 0.357. The van der Waals surface area contributed by atoms with Crippen molar-refractivity contribution in [3.63, 3.8) is 0 Å². The number of aryl methyl sites for hydroxylation is 2. The van der Waals surface area contributed by atoms with Crippen molar-refractivity contribution in [2.24, 2.45) is 7.05 Å². The molecule has 0 saturated carbocycles. The summed E-state index contributed by atoms with van der Waals surface area (Å²) in [5.74, 6) is 0.558. The molecule has 0 bridgehead atoms. The first-order chi connectivity index (χ1) is 10.6. The van der Waals surface area contributed by atoms with Crippen molar-refractivity contribution in [3.05, 3.63) is 35.9 Å². The highest BCUT2D eigenvalue weighted by Crippen LogP contribution is 2.14. The zero-order chi connectivity index (χ0) is 15.7. The lowest BCUT2D eigenvalue weighted by atomic mass is 10.1. The van der Waals surface area contributed by atoms with E-state index in [1.54, 1.807) is 23.1 Å². The zero-order valence-electron chi connectivity index (χ0n) is 12.7. The molecule has 3 aromatic rings. The van der Waals surface area contributed by atoms with E-state index in [1.807, 2.05) is 31.5 Å². The summed E-state index contributed by atoms with van der Waals surface area (Å²) in [6.07, 6.45) is 1.66. The van der Waals surface area contributed by atoms with Crippen LogP contribution in [-0.4, -0.2) is 35.7 Å². The summed E-state index contributed by atoms with van der Waals surface area (Å²) in [5.41, 5.74) is 2.12. The van der Waals surface area contributed by atoms with Crippen LogP contribution in [0.1, 0.15) is 36.1 Å². The predicted octanol–water partition coefficient (Wildman–Crippen LogP) is 1.07. The summed E-state index contributed by atoms with van der Waals surface area (Å²) in [5, 5.41) is 18.8. The van der Waals surface area contributed by atoms with Crippen LogP contribution in [0.2, 0.25) is 0 Å². The maximum absolute atomic E-state index is 12.4. The number of hydrogen-bond donors (Lipinski definition) is 1. The van der Waals surface area contributed by atoms with Gasteiger partial charge in [-0.3, -0.25) is 4.79 Å². The van der Waals surface area contributed by atoms with Crippen molar-refractivity contribution in [1.82, 2.24) is 35.1 Å². The third-order valence-corrected chi connectivity index (χ3v) is 3.59. The quantitative estimate of drug-likeness (QED) is 0.778. The Labute approximate surface area is 127 Å². The molecule has 0 fully saturated rings. The molecular weight excluding hydrogens is 282 g/mol. The Morgan fingerprint density at radius 1 is 1.36 bits per heavy atom. The summed E-state index contributed by atoms with van der Waals surface area (Å²) in [6, 6.07) is 5.10. The molecule has 2 aromatic heterocycles. The average Bonchev–Trinajstić information content (AvgIpc) is 3.13. The Balaban J connectivity index is 1.80. The lowest BCUT2D eigenvalue weighted by Crippen LogP contribution is -2.28.